The maximum Gasteiger partial charge on any atom is -0.00815 e. The Bertz CT molecular complexity index is 194. The lowest BCUT2D eigenvalue weighted by Gasteiger charge is -2.34. The van der Waals surface area contributed by atoms with Crippen LogP contribution in [0.5, 0.6) is 0 Å². The highest BCUT2D eigenvalue weighted by molar-refractivity contribution is 5.26. The molecule has 1 unspecified atom stereocenters. The van der Waals surface area contributed by atoms with E-state index in [2.05, 4.69) is 45.9 Å². The van der Waals surface area contributed by atoms with Crippen LogP contribution < -0.4 is 0 Å². The largest absolute Gasteiger partial charge is 0.0808 e. The van der Waals surface area contributed by atoms with E-state index in [9.17, 15) is 0 Å². The molecule has 0 nitrogen and oxygen atoms in total. The Balaban J connectivity index is 2.92. The number of rotatable bonds is 1. The van der Waals surface area contributed by atoms with E-state index in [1.165, 1.54) is 6.42 Å². The molecule has 0 fully saturated rings. The molecule has 62 valence electrons. The molecule has 1 aliphatic carbocycles. The zero-order valence-electron chi connectivity index (χ0n) is 8.02. The third-order valence-electron chi connectivity index (χ3n) is 3.04. The van der Waals surface area contributed by atoms with Gasteiger partial charge in [0.15, 0.2) is 0 Å². The van der Waals surface area contributed by atoms with E-state index < -0.39 is 0 Å². The van der Waals surface area contributed by atoms with Gasteiger partial charge in [-0.25, -0.2) is 0 Å². The Hall–Kier alpha value is -0.520. The van der Waals surface area contributed by atoms with Crippen molar-refractivity contribution in [2.75, 3.05) is 0 Å². The quantitative estimate of drug-likeness (QED) is 0.536. The average molecular weight is 150 g/mol. The molecule has 0 amide bonds. The van der Waals surface area contributed by atoms with Gasteiger partial charge in [-0.3, -0.25) is 0 Å². The second kappa shape index (κ2) is 2.84. The molecular formula is C11H18. The first-order chi connectivity index (χ1) is 5.09. The summed E-state index contributed by atoms with van der Waals surface area (Å²) in [7, 11) is 0. The van der Waals surface area contributed by atoms with Crippen molar-refractivity contribution in [3.05, 3.63) is 23.8 Å². The Morgan fingerprint density at radius 1 is 1.45 bits per heavy atom. The zero-order chi connectivity index (χ0) is 8.48. The number of allylic oxidation sites excluding steroid dienone is 4. The first-order valence-corrected chi connectivity index (χ1v) is 4.47. The smallest absolute Gasteiger partial charge is 0.00815 e. The third kappa shape index (κ3) is 1.40. The van der Waals surface area contributed by atoms with Gasteiger partial charge in [-0.2, -0.15) is 0 Å². The highest BCUT2D eigenvalue weighted by Gasteiger charge is 2.28. The molecule has 0 aromatic heterocycles. The van der Waals surface area contributed by atoms with Crippen molar-refractivity contribution in [3.63, 3.8) is 0 Å². The first kappa shape index (κ1) is 8.58. The molecule has 0 aliphatic heterocycles. The summed E-state index contributed by atoms with van der Waals surface area (Å²) < 4.78 is 0. The van der Waals surface area contributed by atoms with E-state index in [4.69, 9.17) is 0 Å². The van der Waals surface area contributed by atoms with Gasteiger partial charge in [0, 0.05) is 0 Å². The fraction of sp³-hybridized carbons (Fsp3) is 0.636. The summed E-state index contributed by atoms with van der Waals surface area (Å²) in [5.74, 6) is 0.683. The summed E-state index contributed by atoms with van der Waals surface area (Å²) in [5, 5.41) is 0. The van der Waals surface area contributed by atoms with Gasteiger partial charge in [-0.1, -0.05) is 51.5 Å². The second-order valence-electron chi connectivity index (χ2n) is 3.94. The molecular weight excluding hydrogens is 132 g/mol. The van der Waals surface area contributed by atoms with Crippen molar-refractivity contribution in [1.29, 1.82) is 0 Å². The molecule has 0 spiro atoms. The van der Waals surface area contributed by atoms with Crippen molar-refractivity contribution in [2.45, 2.75) is 34.1 Å². The molecule has 0 radical (unpaired) electrons. The Morgan fingerprint density at radius 3 is 2.55 bits per heavy atom. The van der Waals surface area contributed by atoms with Crippen LogP contribution in [0.15, 0.2) is 23.8 Å². The van der Waals surface area contributed by atoms with Gasteiger partial charge in [-0.15, -0.1) is 0 Å². The monoisotopic (exact) mass is 150 g/mol. The van der Waals surface area contributed by atoms with E-state index in [0.717, 1.165) is 0 Å². The van der Waals surface area contributed by atoms with Crippen LogP contribution in [-0.4, -0.2) is 0 Å². The first-order valence-electron chi connectivity index (χ1n) is 4.47. The standard InChI is InChI=1S/C11H18/c1-5-10-8-6-7-9(2)11(10,3)4/h6-9H,5H2,1-4H3. The lowest BCUT2D eigenvalue weighted by molar-refractivity contribution is 0.329. The molecule has 1 aliphatic rings. The van der Waals surface area contributed by atoms with Gasteiger partial charge >= 0.3 is 0 Å². The minimum absolute atomic E-state index is 0.378. The van der Waals surface area contributed by atoms with Gasteiger partial charge in [0.1, 0.15) is 0 Å². The van der Waals surface area contributed by atoms with Crippen LogP contribution in [0.2, 0.25) is 0 Å². The number of hydrogen-bond acceptors (Lipinski definition) is 0. The third-order valence-corrected chi connectivity index (χ3v) is 3.04. The highest BCUT2D eigenvalue weighted by atomic mass is 14.3. The zero-order valence-corrected chi connectivity index (χ0v) is 8.02. The summed E-state index contributed by atoms with van der Waals surface area (Å²) in [6.45, 7) is 9.19. The van der Waals surface area contributed by atoms with Crippen LogP contribution in [0.4, 0.5) is 0 Å². The van der Waals surface area contributed by atoms with E-state index >= 15 is 0 Å². The van der Waals surface area contributed by atoms with Gasteiger partial charge in [0.05, 0.1) is 0 Å². The van der Waals surface area contributed by atoms with Gasteiger partial charge in [0.2, 0.25) is 0 Å². The van der Waals surface area contributed by atoms with Gasteiger partial charge < -0.3 is 0 Å². The average Bonchev–Trinajstić information content (AvgIpc) is 1.95. The van der Waals surface area contributed by atoms with E-state index in [1.807, 2.05) is 0 Å². The van der Waals surface area contributed by atoms with Crippen molar-refractivity contribution in [1.82, 2.24) is 0 Å². The molecule has 1 rings (SSSR count). The predicted octanol–water partition coefficient (Wildman–Crippen LogP) is 3.55. The maximum atomic E-state index is 2.33. The summed E-state index contributed by atoms with van der Waals surface area (Å²) in [6.07, 6.45) is 7.93. The predicted molar refractivity (Wildman–Crippen MR) is 50.5 cm³/mol. The fourth-order valence-corrected chi connectivity index (χ4v) is 1.66. The molecule has 1 atom stereocenters. The summed E-state index contributed by atoms with van der Waals surface area (Å²) in [4.78, 5) is 0. The maximum absolute atomic E-state index is 2.33. The summed E-state index contributed by atoms with van der Waals surface area (Å²) >= 11 is 0. The minimum Gasteiger partial charge on any atom is -0.0808 e. The summed E-state index contributed by atoms with van der Waals surface area (Å²) in [6, 6.07) is 0. The van der Waals surface area contributed by atoms with E-state index in [0.29, 0.717) is 11.3 Å². The van der Waals surface area contributed by atoms with Gasteiger partial charge in [0.25, 0.3) is 0 Å². The molecule has 0 heteroatoms. The van der Waals surface area contributed by atoms with Crippen LogP contribution in [0.3, 0.4) is 0 Å². The van der Waals surface area contributed by atoms with Crippen LogP contribution in [0.25, 0.3) is 0 Å². The van der Waals surface area contributed by atoms with Crippen molar-refractivity contribution in [2.24, 2.45) is 11.3 Å². The highest BCUT2D eigenvalue weighted by Crippen LogP contribution is 2.39. The van der Waals surface area contributed by atoms with Crippen LogP contribution >= 0.6 is 0 Å². The molecule has 0 N–H and O–H groups in total. The van der Waals surface area contributed by atoms with Gasteiger partial charge in [-0.05, 0) is 17.8 Å². The van der Waals surface area contributed by atoms with Crippen LogP contribution in [0, 0.1) is 11.3 Å². The number of hydrogen-bond donors (Lipinski definition) is 0. The van der Waals surface area contributed by atoms with Crippen LogP contribution in [-0.2, 0) is 0 Å². The topological polar surface area (TPSA) is 0 Å². The van der Waals surface area contributed by atoms with Crippen molar-refractivity contribution < 1.29 is 0 Å². The van der Waals surface area contributed by atoms with E-state index in [1.54, 1.807) is 5.57 Å². The Labute approximate surface area is 70.0 Å². The summed E-state index contributed by atoms with van der Waals surface area (Å²) in [5.41, 5.74) is 1.95. The molecule has 0 heterocycles. The lowest BCUT2D eigenvalue weighted by atomic mass is 9.70. The van der Waals surface area contributed by atoms with Crippen LogP contribution in [0.1, 0.15) is 34.1 Å². The minimum atomic E-state index is 0.378. The fourth-order valence-electron chi connectivity index (χ4n) is 1.66. The lowest BCUT2D eigenvalue weighted by Crippen LogP contribution is -2.24. The SMILES string of the molecule is CCC1=CC=CC(C)C1(C)C. The van der Waals surface area contributed by atoms with Crippen molar-refractivity contribution in [3.8, 4) is 0 Å². The van der Waals surface area contributed by atoms with Crippen molar-refractivity contribution >= 4 is 0 Å². The molecule has 0 aromatic carbocycles. The van der Waals surface area contributed by atoms with E-state index in [-0.39, 0.29) is 0 Å². The Morgan fingerprint density at radius 2 is 2.09 bits per heavy atom. The molecule has 0 saturated heterocycles. The Kier molecular flexibility index (Phi) is 2.22. The normalized spacial score (nSPS) is 28.4. The molecule has 0 aromatic rings. The second-order valence-corrected chi connectivity index (χ2v) is 3.94. The molecule has 11 heavy (non-hydrogen) atoms. The molecule has 0 bridgehead atoms. The molecule has 0 saturated carbocycles.